The van der Waals surface area contributed by atoms with Crippen molar-refractivity contribution >= 4 is 35.0 Å². The summed E-state index contributed by atoms with van der Waals surface area (Å²) in [5, 5.41) is 13.8. The number of nitrogens with one attached hydrogen (secondary N) is 3. The quantitative estimate of drug-likeness (QED) is 0.433. The summed E-state index contributed by atoms with van der Waals surface area (Å²) in [6.07, 6.45) is 4.71. The molecule has 31 heavy (non-hydrogen) atoms. The number of hydrogen-bond acceptors (Lipinski definition) is 7. The third-order valence-corrected chi connectivity index (χ3v) is 5.89. The van der Waals surface area contributed by atoms with Gasteiger partial charge in [0.1, 0.15) is 17.6 Å². The number of hydrogen-bond donors (Lipinski definition) is 4. The first-order chi connectivity index (χ1) is 14.8. The molecule has 0 unspecified atom stereocenters. The van der Waals surface area contributed by atoms with Gasteiger partial charge in [0.15, 0.2) is 5.78 Å². The Morgan fingerprint density at radius 2 is 2.03 bits per heavy atom. The van der Waals surface area contributed by atoms with Crippen LogP contribution < -0.4 is 16.4 Å². The number of aromatic nitrogens is 1. The van der Waals surface area contributed by atoms with Crippen LogP contribution in [0.2, 0.25) is 0 Å². The highest BCUT2D eigenvalue weighted by atomic mass is 16.2. The zero-order valence-electron chi connectivity index (χ0n) is 17.5. The highest BCUT2D eigenvalue weighted by Gasteiger charge is 2.36. The Morgan fingerprint density at radius 1 is 1.26 bits per heavy atom. The molecule has 1 aliphatic heterocycles. The molecule has 1 saturated heterocycles. The highest BCUT2D eigenvalue weighted by molar-refractivity contribution is 6.45. The first-order valence-electron chi connectivity index (χ1n) is 10.5. The molecule has 10 nitrogen and oxygen atoms in total. The Morgan fingerprint density at radius 3 is 2.71 bits per heavy atom. The molecule has 1 aliphatic carbocycles. The lowest BCUT2D eigenvalue weighted by molar-refractivity contribution is -0.137. The molecule has 0 aromatic carbocycles. The molecule has 1 aromatic heterocycles. The van der Waals surface area contributed by atoms with E-state index >= 15 is 0 Å². The van der Waals surface area contributed by atoms with Gasteiger partial charge >= 0.3 is 0 Å². The van der Waals surface area contributed by atoms with Crippen LogP contribution in [0.25, 0.3) is 0 Å². The number of Topliss-reactive ketones (excluding diaryl/α,β-unsaturated/α-hetero) is 1. The molecule has 2 aliphatic rings. The molecule has 3 rings (SSSR count). The molecule has 0 bridgehead atoms. The van der Waals surface area contributed by atoms with Crippen LogP contribution in [-0.2, 0) is 19.2 Å². The summed E-state index contributed by atoms with van der Waals surface area (Å²) in [4.78, 5) is 54.1. The van der Waals surface area contributed by atoms with E-state index in [0.717, 1.165) is 6.42 Å². The molecule has 3 amide bonds. The zero-order valence-corrected chi connectivity index (χ0v) is 17.5. The molecule has 3 atom stereocenters. The minimum atomic E-state index is -0.555. The molecular weight excluding hydrogens is 400 g/mol. The van der Waals surface area contributed by atoms with E-state index in [-0.39, 0.29) is 47.8 Å². The van der Waals surface area contributed by atoms with E-state index < -0.39 is 11.8 Å². The molecule has 166 valence electrons. The Kier molecular flexibility index (Phi) is 6.98. The Bertz CT molecular complexity index is 902. The fourth-order valence-corrected chi connectivity index (χ4v) is 4.20. The molecule has 2 heterocycles. The van der Waals surface area contributed by atoms with Crippen molar-refractivity contribution in [1.82, 2.24) is 15.2 Å². The zero-order chi connectivity index (χ0) is 22.5. The van der Waals surface area contributed by atoms with Crippen molar-refractivity contribution in [2.75, 3.05) is 18.4 Å². The number of carbonyl (C=O) groups excluding carboxylic acids is 4. The summed E-state index contributed by atoms with van der Waals surface area (Å²) in [7, 11) is 0. The first kappa shape index (κ1) is 22.4. The maximum atomic E-state index is 12.8. The van der Waals surface area contributed by atoms with E-state index in [2.05, 4.69) is 15.6 Å². The van der Waals surface area contributed by atoms with Gasteiger partial charge in [-0.1, -0.05) is 0 Å². The van der Waals surface area contributed by atoms with Gasteiger partial charge in [-0.15, -0.1) is 0 Å². The molecule has 2 fully saturated rings. The minimum Gasteiger partial charge on any atom is -0.369 e. The van der Waals surface area contributed by atoms with E-state index in [9.17, 15) is 19.2 Å². The highest BCUT2D eigenvalue weighted by Crippen LogP contribution is 2.26. The van der Waals surface area contributed by atoms with E-state index in [1.807, 2.05) is 0 Å². The van der Waals surface area contributed by atoms with Crippen LogP contribution in [0.3, 0.4) is 0 Å². The van der Waals surface area contributed by atoms with Gasteiger partial charge in [0.05, 0.1) is 6.54 Å². The Balaban J connectivity index is 1.58. The van der Waals surface area contributed by atoms with Crippen LogP contribution >= 0.6 is 0 Å². The lowest BCUT2D eigenvalue weighted by Crippen LogP contribution is -2.49. The van der Waals surface area contributed by atoms with Crippen molar-refractivity contribution in [3.63, 3.8) is 0 Å². The van der Waals surface area contributed by atoms with Gasteiger partial charge in [-0.25, -0.2) is 4.98 Å². The molecule has 0 radical (unpaired) electrons. The fraction of sp³-hybridized carbons (Fsp3) is 0.524. The number of likely N-dealkylation sites (tertiary alicyclic amines) is 1. The number of carbonyl (C=O) groups is 4. The lowest BCUT2D eigenvalue weighted by atomic mass is 10.1. The maximum Gasteiger partial charge on any atom is 0.243 e. The summed E-state index contributed by atoms with van der Waals surface area (Å²) >= 11 is 0. The summed E-state index contributed by atoms with van der Waals surface area (Å²) < 4.78 is 0. The van der Waals surface area contributed by atoms with E-state index in [1.54, 1.807) is 17.0 Å². The largest absolute Gasteiger partial charge is 0.369 e. The number of anilines is 1. The normalized spacial score (nSPS) is 22.7. The van der Waals surface area contributed by atoms with Crippen LogP contribution in [-0.4, -0.2) is 64.3 Å². The molecular formula is C21H28N6O4. The topological polar surface area (TPSA) is 158 Å². The summed E-state index contributed by atoms with van der Waals surface area (Å²) in [5.74, 6) is -1.14. The number of amides is 3. The molecule has 1 aromatic rings. The number of ketones is 1. The van der Waals surface area contributed by atoms with Crippen LogP contribution in [0, 0.1) is 11.3 Å². The standard InChI is InChI=1S/C21H28N6O4/c1-12(28)18(22)15-4-2-8-24-20(15)25-11-17(29)27-9-3-5-16(27)21(31)26-14-7-6-13(10-14)19(23)30/h2,4,8,13-14,16,22H,3,5-7,9-11H2,1H3,(H2,23,30)(H,24,25)(H,26,31)/t13-,14-,16+/m1/s1. The molecule has 10 heteroatoms. The van der Waals surface area contributed by atoms with Crippen LogP contribution in [0.15, 0.2) is 18.3 Å². The van der Waals surface area contributed by atoms with Crippen LogP contribution in [0.1, 0.15) is 44.6 Å². The average molecular weight is 428 g/mol. The smallest absolute Gasteiger partial charge is 0.243 e. The lowest BCUT2D eigenvalue weighted by Gasteiger charge is -2.26. The minimum absolute atomic E-state index is 0.102. The van der Waals surface area contributed by atoms with Gasteiger partial charge in [0, 0.05) is 37.2 Å². The molecule has 1 saturated carbocycles. The van der Waals surface area contributed by atoms with Crippen molar-refractivity contribution in [3.05, 3.63) is 23.9 Å². The summed E-state index contributed by atoms with van der Waals surface area (Å²) in [6, 6.07) is 2.55. The average Bonchev–Trinajstić information content (AvgIpc) is 3.41. The number of pyridine rings is 1. The second-order valence-electron chi connectivity index (χ2n) is 8.05. The summed E-state index contributed by atoms with van der Waals surface area (Å²) in [6.45, 7) is 1.67. The van der Waals surface area contributed by atoms with Crippen molar-refractivity contribution < 1.29 is 19.2 Å². The van der Waals surface area contributed by atoms with E-state index in [0.29, 0.717) is 37.8 Å². The van der Waals surface area contributed by atoms with E-state index in [1.165, 1.54) is 13.1 Å². The SMILES string of the molecule is CC(=O)C(=N)c1cccnc1NCC(=O)N1CCC[C@H]1C(=O)N[C@@H]1CC[C@@H](C(N)=O)C1. The number of rotatable bonds is 8. The van der Waals surface area contributed by atoms with Gasteiger partial charge in [-0.3, -0.25) is 24.6 Å². The second-order valence-corrected chi connectivity index (χ2v) is 8.05. The van der Waals surface area contributed by atoms with Gasteiger partial charge in [-0.05, 0) is 44.2 Å². The predicted octanol–water partition coefficient (Wildman–Crippen LogP) is 0.212. The van der Waals surface area contributed by atoms with E-state index in [4.69, 9.17) is 11.1 Å². The number of nitrogens with zero attached hydrogens (tertiary/aromatic N) is 2. The fourth-order valence-electron chi connectivity index (χ4n) is 4.20. The Labute approximate surface area is 180 Å². The van der Waals surface area contributed by atoms with Gasteiger partial charge in [-0.2, -0.15) is 0 Å². The van der Waals surface area contributed by atoms with Crippen molar-refractivity contribution in [1.29, 1.82) is 5.41 Å². The first-order valence-corrected chi connectivity index (χ1v) is 10.5. The van der Waals surface area contributed by atoms with Crippen molar-refractivity contribution in [2.24, 2.45) is 11.7 Å². The number of primary amides is 1. The molecule has 0 spiro atoms. The Hall–Kier alpha value is -3.30. The van der Waals surface area contributed by atoms with Crippen molar-refractivity contribution in [2.45, 2.75) is 51.1 Å². The summed E-state index contributed by atoms with van der Waals surface area (Å²) in [5.41, 5.74) is 5.49. The van der Waals surface area contributed by atoms with Gasteiger partial charge < -0.3 is 21.3 Å². The van der Waals surface area contributed by atoms with Crippen LogP contribution in [0.5, 0.6) is 0 Å². The third kappa shape index (κ3) is 5.25. The second kappa shape index (κ2) is 9.67. The van der Waals surface area contributed by atoms with Gasteiger partial charge in [0.2, 0.25) is 17.7 Å². The van der Waals surface area contributed by atoms with Gasteiger partial charge in [0.25, 0.3) is 0 Å². The predicted molar refractivity (Wildman–Crippen MR) is 113 cm³/mol. The molecule has 5 N–H and O–H groups in total. The third-order valence-electron chi connectivity index (χ3n) is 5.89. The van der Waals surface area contributed by atoms with Crippen LogP contribution in [0.4, 0.5) is 5.82 Å². The maximum absolute atomic E-state index is 12.8. The van der Waals surface area contributed by atoms with Crippen molar-refractivity contribution in [3.8, 4) is 0 Å². The number of nitrogens with two attached hydrogens (primary N) is 1. The monoisotopic (exact) mass is 428 g/mol.